The number of piperidine rings is 1. The molecule has 2 aliphatic rings. The van der Waals surface area contributed by atoms with E-state index in [2.05, 4.69) is 15.6 Å². The summed E-state index contributed by atoms with van der Waals surface area (Å²) in [7, 11) is -1.34. The lowest BCUT2D eigenvalue weighted by molar-refractivity contribution is -0.149. The number of carbonyl (C=O) groups excluding carboxylic acids is 2. The minimum absolute atomic E-state index is 0. The molecule has 1 amide bonds. The first-order chi connectivity index (χ1) is 12.8. The molecule has 0 spiro atoms. The molecule has 0 radical (unpaired) electrons. The van der Waals surface area contributed by atoms with Crippen LogP contribution in [0, 0.1) is 5.92 Å². The fourth-order valence-corrected chi connectivity index (χ4v) is 5.12. The van der Waals surface area contributed by atoms with E-state index in [0.717, 1.165) is 19.4 Å². The van der Waals surface area contributed by atoms with Crippen molar-refractivity contribution in [1.29, 1.82) is 0 Å². The molecule has 9 nitrogen and oxygen atoms in total. The van der Waals surface area contributed by atoms with Gasteiger partial charge in [-0.05, 0) is 26.2 Å². The fraction of sp³-hybridized carbons (Fsp3) is 0.824. The Kier molecular flexibility index (Phi) is 10.5. The number of nitrogens with one attached hydrogen (secondary N) is 2. The summed E-state index contributed by atoms with van der Waals surface area (Å²) in [6, 6.07) is -0.283. The molecular formula is C17H31IN4O5S. The van der Waals surface area contributed by atoms with Gasteiger partial charge in [0.1, 0.15) is 0 Å². The molecule has 2 rings (SSSR count). The third-order valence-electron chi connectivity index (χ3n) is 4.79. The smallest absolute Gasteiger partial charge is 0.310 e. The van der Waals surface area contributed by atoms with Gasteiger partial charge in [0.15, 0.2) is 15.8 Å². The van der Waals surface area contributed by atoms with Crippen LogP contribution in [0.15, 0.2) is 4.99 Å². The van der Waals surface area contributed by atoms with Crippen LogP contribution < -0.4 is 10.6 Å². The van der Waals surface area contributed by atoms with Crippen molar-refractivity contribution in [2.75, 3.05) is 44.8 Å². The second kappa shape index (κ2) is 11.8. The highest BCUT2D eigenvalue weighted by atomic mass is 127. The summed E-state index contributed by atoms with van der Waals surface area (Å²) in [6.45, 7) is 3.90. The normalized spacial score (nSPS) is 24.2. The van der Waals surface area contributed by atoms with Crippen molar-refractivity contribution in [2.24, 2.45) is 10.9 Å². The van der Waals surface area contributed by atoms with Crippen LogP contribution in [0.1, 0.15) is 32.6 Å². The zero-order valence-electron chi connectivity index (χ0n) is 16.5. The number of carbonyl (C=O) groups is 2. The van der Waals surface area contributed by atoms with Gasteiger partial charge in [-0.15, -0.1) is 24.0 Å². The number of sulfone groups is 1. The maximum atomic E-state index is 12.0. The zero-order chi connectivity index (χ0) is 19.9. The number of amides is 1. The van der Waals surface area contributed by atoms with Crippen molar-refractivity contribution in [3.63, 3.8) is 0 Å². The molecule has 2 fully saturated rings. The van der Waals surface area contributed by atoms with E-state index in [-0.39, 0.29) is 65.7 Å². The lowest BCUT2D eigenvalue weighted by Crippen LogP contribution is -2.49. The van der Waals surface area contributed by atoms with Gasteiger partial charge >= 0.3 is 5.97 Å². The molecule has 11 heteroatoms. The zero-order valence-corrected chi connectivity index (χ0v) is 19.6. The van der Waals surface area contributed by atoms with Crippen molar-refractivity contribution in [1.82, 2.24) is 15.5 Å². The number of esters is 1. The third kappa shape index (κ3) is 7.72. The molecule has 0 aromatic heterocycles. The van der Waals surface area contributed by atoms with Crippen LogP contribution in [-0.4, -0.2) is 82.0 Å². The van der Waals surface area contributed by atoms with Gasteiger partial charge in [0, 0.05) is 39.1 Å². The molecule has 162 valence electrons. The van der Waals surface area contributed by atoms with Crippen LogP contribution in [0.3, 0.4) is 0 Å². The molecule has 2 atom stereocenters. The number of likely N-dealkylation sites (tertiary alicyclic amines) is 1. The summed E-state index contributed by atoms with van der Waals surface area (Å²) in [5.41, 5.74) is 0. The standard InChI is InChI=1S/C17H30N4O5S.HI/c1-3-26-16(23)13-5-4-9-21(11-13)17(18-2)19-8-6-15(22)20-14-7-10-27(24,25)12-14;/h13-14H,3-12H2,1-2H3,(H,18,19)(H,20,22);1H. The molecule has 0 aliphatic carbocycles. The lowest BCUT2D eigenvalue weighted by atomic mass is 9.98. The number of ether oxygens (including phenoxy) is 1. The molecule has 0 bridgehead atoms. The predicted molar refractivity (Wildman–Crippen MR) is 118 cm³/mol. The van der Waals surface area contributed by atoms with E-state index in [1.807, 2.05) is 4.90 Å². The van der Waals surface area contributed by atoms with Gasteiger partial charge in [-0.2, -0.15) is 0 Å². The molecule has 0 saturated carbocycles. The van der Waals surface area contributed by atoms with Gasteiger partial charge in [0.2, 0.25) is 5.91 Å². The minimum atomic E-state index is -3.00. The SMILES string of the molecule is CCOC(=O)C1CCCN(C(=NC)NCCC(=O)NC2CCS(=O)(=O)C2)C1.I. The Balaban J connectivity index is 0.00000392. The topological polar surface area (TPSA) is 117 Å². The summed E-state index contributed by atoms with van der Waals surface area (Å²) >= 11 is 0. The van der Waals surface area contributed by atoms with Crippen molar-refractivity contribution in [3.05, 3.63) is 0 Å². The molecule has 0 aromatic carbocycles. The number of hydrogen-bond donors (Lipinski definition) is 2. The summed E-state index contributed by atoms with van der Waals surface area (Å²) in [4.78, 5) is 30.2. The number of halogens is 1. The molecule has 28 heavy (non-hydrogen) atoms. The quantitative estimate of drug-likeness (QED) is 0.217. The molecule has 0 aromatic rings. The van der Waals surface area contributed by atoms with Crippen LogP contribution >= 0.6 is 24.0 Å². The fourth-order valence-electron chi connectivity index (χ4n) is 3.45. The summed E-state index contributed by atoms with van der Waals surface area (Å²) in [5.74, 6) is 0.299. The monoisotopic (exact) mass is 530 g/mol. The maximum Gasteiger partial charge on any atom is 0.310 e. The van der Waals surface area contributed by atoms with E-state index in [4.69, 9.17) is 4.74 Å². The first-order valence-electron chi connectivity index (χ1n) is 9.46. The van der Waals surface area contributed by atoms with Crippen LogP contribution in [0.4, 0.5) is 0 Å². The molecule has 2 aliphatic heterocycles. The number of hydrogen-bond acceptors (Lipinski definition) is 6. The minimum Gasteiger partial charge on any atom is -0.466 e. The van der Waals surface area contributed by atoms with Crippen molar-refractivity contribution >= 4 is 51.6 Å². The van der Waals surface area contributed by atoms with E-state index in [1.54, 1.807) is 14.0 Å². The summed E-state index contributed by atoms with van der Waals surface area (Å²) in [5, 5.41) is 5.92. The van der Waals surface area contributed by atoms with Crippen LogP contribution in [0.2, 0.25) is 0 Å². The highest BCUT2D eigenvalue weighted by Gasteiger charge is 2.29. The maximum absolute atomic E-state index is 12.0. The Morgan fingerprint density at radius 1 is 1.29 bits per heavy atom. The van der Waals surface area contributed by atoms with Crippen molar-refractivity contribution < 1.29 is 22.7 Å². The van der Waals surface area contributed by atoms with E-state index >= 15 is 0 Å². The van der Waals surface area contributed by atoms with Crippen LogP contribution in [-0.2, 0) is 24.2 Å². The molecular weight excluding hydrogens is 499 g/mol. The van der Waals surface area contributed by atoms with E-state index in [0.29, 0.717) is 32.1 Å². The average Bonchev–Trinajstić information content (AvgIpc) is 2.97. The van der Waals surface area contributed by atoms with Crippen LogP contribution in [0.5, 0.6) is 0 Å². The highest BCUT2D eigenvalue weighted by molar-refractivity contribution is 14.0. The van der Waals surface area contributed by atoms with Gasteiger partial charge < -0.3 is 20.3 Å². The first-order valence-corrected chi connectivity index (χ1v) is 11.3. The second-order valence-electron chi connectivity index (χ2n) is 6.93. The van der Waals surface area contributed by atoms with Crippen molar-refractivity contribution in [2.45, 2.75) is 38.6 Å². The van der Waals surface area contributed by atoms with Gasteiger partial charge in [-0.1, -0.05) is 0 Å². The molecule has 2 N–H and O–H groups in total. The Bertz CT molecular complexity index is 670. The lowest BCUT2D eigenvalue weighted by Gasteiger charge is -2.33. The third-order valence-corrected chi connectivity index (χ3v) is 6.55. The van der Waals surface area contributed by atoms with E-state index in [1.165, 1.54) is 0 Å². The van der Waals surface area contributed by atoms with E-state index < -0.39 is 9.84 Å². The largest absolute Gasteiger partial charge is 0.466 e. The average molecular weight is 530 g/mol. The number of aliphatic imine (C=N–C) groups is 1. The highest BCUT2D eigenvalue weighted by Crippen LogP contribution is 2.18. The predicted octanol–water partition coefficient (Wildman–Crippen LogP) is 0.148. The Labute approximate surface area is 184 Å². The Morgan fingerprint density at radius 3 is 2.64 bits per heavy atom. The Hall–Kier alpha value is -1.11. The van der Waals surface area contributed by atoms with Gasteiger partial charge in [-0.25, -0.2) is 8.42 Å². The first kappa shape index (κ1) is 24.9. The van der Waals surface area contributed by atoms with Gasteiger partial charge in [0.05, 0.1) is 24.0 Å². The molecule has 2 saturated heterocycles. The number of rotatable bonds is 6. The second-order valence-corrected chi connectivity index (χ2v) is 9.16. The number of guanidine groups is 1. The van der Waals surface area contributed by atoms with Crippen LogP contribution in [0.25, 0.3) is 0 Å². The summed E-state index contributed by atoms with van der Waals surface area (Å²) in [6.07, 6.45) is 2.39. The summed E-state index contributed by atoms with van der Waals surface area (Å²) < 4.78 is 28.0. The van der Waals surface area contributed by atoms with Crippen molar-refractivity contribution in [3.8, 4) is 0 Å². The van der Waals surface area contributed by atoms with E-state index in [9.17, 15) is 18.0 Å². The van der Waals surface area contributed by atoms with Gasteiger partial charge in [-0.3, -0.25) is 14.6 Å². The van der Waals surface area contributed by atoms with Gasteiger partial charge in [0.25, 0.3) is 0 Å². The number of nitrogens with zero attached hydrogens (tertiary/aromatic N) is 2. The Morgan fingerprint density at radius 2 is 2.04 bits per heavy atom. The molecule has 2 unspecified atom stereocenters. The molecule has 2 heterocycles.